The number of aromatic nitrogens is 3. The summed E-state index contributed by atoms with van der Waals surface area (Å²) in [6.45, 7) is 3.91. The molecule has 0 aliphatic carbocycles. The Morgan fingerprint density at radius 1 is 1.06 bits per heavy atom. The molecule has 1 aromatic carbocycles. The van der Waals surface area contributed by atoms with Crippen molar-refractivity contribution in [1.29, 1.82) is 0 Å². The van der Waals surface area contributed by atoms with Crippen molar-refractivity contribution in [1.82, 2.24) is 24.6 Å². The maximum Gasteiger partial charge on any atom is 0.280 e. The fraction of sp³-hybridized carbons (Fsp3) is 0.409. The number of nitrogens with zero attached hydrogens (tertiary/aromatic N) is 5. The van der Waals surface area contributed by atoms with E-state index >= 15 is 0 Å². The third-order valence-electron chi connectivity index (χ3n) is 5.81. The van der Waals surface area contributed by atoms with Gasteiger partial charge in [-0.3, -0.25) is 9.69 Å². The summed E-state index contributed by atoms with van der Waals surface area (Å²) in [6, 6.07) is 6.01. The summed E-state index contributed by atoms with van der Waals surface area (Å²) in [7, 11) is 0. The third kappa shape index (κ3) is 5.13. The van der Waals surface area contributed by atoms with Gasteiger partial charge in [0.25, 0.3) is 12.9 Å². The number of amides is 1. The quantitative estimate of drug-likeness (QED) is 0.418. The van der Waals surface area contributed by atoms with Gasteiger partial charge in [0.15, 0.2) is 5.65 Å². The fourth-order valence-electron chi connectivity index (χ4n) is 4.08. The largest absolute Gasteiger partial charge is 0.339 e. The van der Waals surface area contributed by atoms with Crippen LogP contribution in [0, 0.1) is 6.92 Å². The van der Waals surface area contributed by atoms with Gasteiger partial charge in [0.2, 0.25) is 5.91 Å². The first-order chi connectivity index (χ1) is 16.1. The molecule has 0 saturated carbocycles. The van der Waals surface area contributed by atoms with Gasteiger partial charge in [-0.1, -0.05) is 29.3 Å². The second-order valence-corrected chi connectivity index (χ2v) is 8.92. The number of rotatable bonds is 6. The summed E-state index contributed by atoms with van der Waals surface area (Å²) in [5, 5.41) is 5.28. The van der Waals surface area contributed by atoms with Crippen molar-refractivity contribution in [3.63, 3.8) is 0 Å². The highest BCUT2D eigenvalue weighted by Crippen LogP contribution is 2.32. The second-order valence-electron chi connectivity index (χ2n) is 8.07. The van der Waals surface area contributed by atoms with E-state index in [0.717, 1.165) is 10.2 Å². The van der Waals surface area contributed by atoms with Crippen LogP contribution in [0.4, 0.5) is 17.6 Å². The number of carbonyl (C=O) groups excluding carboxylic acids is 1. The summed E-state index contributed by atoms with van der Waals surface area (Å²) in [6.07, 6.45) is -6.00. The van der Waals surface area contributed by atoms with E-state index in [0.29, 0.717) is 48.8 Å². The van der Waals surface area contributed by atoms with Gasteiger partial charge < -0.3 is 4.90 Å². The number of piperazine rings is 1. The number of hydrogen-bond donors (Lipinski definition) is 0. The molecule has 0 bridgehead atoms. The van der Waals surface area contributed by atoms with Crippen molar-refractivity contribution in [3.05, 3.63) is 56.8 Å². The summed E-state index contributed by atoms with van der Waals surface area (Å²) in [5.74, 6) is -0.295. The molecule has 182 valence electrons. The highest BCUT2D eigenvalue weighted by molar-refractivity contribution is 6.35. The molecule has 3 aromatic rings. The molecule has 0 N–H and O–H groups in total. The van der Waals surface area contributed by atoms with Crippen molar-refractivity contribution in [2.45, 2.75) is 32.9 Å². The van der Waals surface area contributed by atoms with Crippen LogP contribution in [-0.2, 0) is 17.9 Å². The Morgan fingerprint density at radius 3 is 2.38 bits per heavy atom. The van der Waals surface area contributed by atoms with Crippen LogP contribution >= 0.6 is 23.2 Å². The smallest absolute Gasteiger partial charge is 0.280 e. The Morgan fingerprint density at radius 2 is 1.76 bits per heavy atom. The average molecular weight is 518 g/mol. The van der Waals surface area contributed by atoms with Gasteiger partial charge in [-0.15, -0.1) is 0 Å². The van der Waals surface area contributed by atoms with Gasteiger partial charge in [-0.05, 0) is 30.7 Å². The molecule has 0 spiro atoms. The molecule has 1 saturated heterocycles. The minimum atomic E-state index is -3.02. The summed E-state index contributed by atoms with van der Waals surface area (Å²) in [4.78, 5) is 20.5. The zero-order valence-electron chi connectivity index (χ0n) is 18.1. The van der Waals surface area contributed by atoms with Gasteiger partial charge in [0.05, 0.1) is 11.1 Å². The average Bonchev–Trinajstić information content (AvgIpc) is 3.10. The van der Waals surface area contributed by atoms with Crippen LogP contribution in [0.3, 0.4) is 0 Å². The Bertz CT molecular complexity index is 1210. The second kappa shape index (κ2) is 10.1. The number of alkyl halides is 4. The molecule has 6 nitrogen and oxygen atoms in total. The Labute approximate surface area is 203 Å². The molecule has 12 heteroatoms. The number of pyridine rings is 1. The lowest BCUT2D eigenvalue weighted by molar-refractivity contribution is -0.133. The number of halogens is 6. The van der Waals surface area contributed by atoms with Crippen molar-refractivity contribution in [3.8, 4) is 0 Å². The lowest BCUT2D eigenvalue weighted by Gasteiger charge is -2.35. The van der Waals surface area contributed by atoms with E-state index in [1.54, 1.807) is 17.0 Å². The van der Waals surface area contributed by atoms with E-state index in [1.165, 1.54) is 6.92 Å². The maximum atomic E-state index is 13.5. The molecule has 1 aliphatic heterocycles. The Kier molecular flexibility index (Phi) is 7.30. The van der Waals surface area contributed by atoms with E-state index in [-0.39, 0.29) is 29.2 Å². The van der Waals surface area contributed by atoms with Crippen LogP contribution < -0.4 is 0 Å². The van der Waals surface area contributed by atoms with Gasteiger partial charge in [-0.2, -0.15) is 5.10 Å². The zero-order valence-corrected chi connectivity index (χ0v) is 19.6. The molecule has 1 amide bonds. The summed E-state index contributed by atoms with van der Waals surface area (Å²) in [5.41, 5.74) is -0.344. The highest BCUT2D eigenvalue weighted by atomic mass is 35.5. The lowest BCUT2D eigenvalue weighted by Crippen LogP contribution is -2.49. The van der Waals surface area contributed by atoms with Crippen LogP contribution in [0.1, 0.15) is 35.4 Å². The van der Waals surface area contributed by atoms with Gasteiger partial charge in [0, 0.05) is 48.3 Å². The normalized spacial score (nSPS) is 15.1. The van der Waals surface area contributed by atoms with Gasteiger partial charge in [-0.25, -0.2) is 27.2 Å². The van der Waals surface area contributed by atoms with Gasteiger partial charge in [0.1, 0.15) is 12.2 Å². The maximum absolute atomic E-state index is 13.5. The molecule has 34 heavy (non-hydrogen) atoms. The molecule has 0 atom stereocenters. The predicted octanol–water partition coefficient (Wildman–Crippen LogP) is 5.27. The van der Waals surface area contributed by atoms with E-state index in [9.17, 15) is 22.4 Å². The van der Waals surface area contributed by atoms with Crippen LogP contribution in [0.5, 0.6) is 0 Å². The van der Waals surface area contributed by atoms with Crippen molar-refractivity contribution in [2.75, 3.05) is 26.2 Å². The number of benzene rings is 1. The van der Waals surface area contributed by atoms with E-state index in [4.69, 9.17) is 23.2 Å². The third-order valence-corrected chi connectivity index (χ3v) is 6.39. The van der Waals surface area contributed by atoms with Crippen LogP contribution in [0.2, 0.25) is 10.0 Å². The molecule has 3 heterocycles. The minimum Gasteiger partial charge on any atom is -0.339 e. The molecule has 0 unspecified atom stereocenters. The highest BCUT2D eigenvalue weighted by Gasteiger charge is 2.26. The molecule has 2 aromatic heterocycles. The molecule has 1 aliphatic rings. The van der Waals surface area contributed by atoms with Crippen molar-refractivity contribution >= 4 is 40.1 Å². The fourth-order valence-corrected chi connectivity index (χ4v) is 4.54. The first-order valence-corrected chi connectivity index (χ1v) is 11.3. The van der Waals surface area contributed by atoms with E-state index < -0.39 is 24.1 Å². The lowest BCUT2D eigenvalue weighted by atomic mass is 10.1. The molecule has 0 radical (unpaired) electrons. The van der Waals surface area contributed by atoms with Crippen molar-refractivity contribution < 1.29 is 22.4 Å². The summed E-state index contributed by atoms with van der Waals surface area (Å²) < 4.78 is 54.6. The zero-order chi connectivity index (χ0) is 24.6. The molecule has 4 rings (SSSR count). The van der Waals surface area contributed by atoms with Gasteiger partial charge >= 0.3 is 0 Å². The van der Waals surface area contributed by atoms with E-state index in [1.807, 2.05) is 6.07 Å². The van der Waals surface area contributed by atoms with Crippen LogP contribution in [0.25, 0.3) is 11.0 Å². The Balaban J connectivity index is 1.46. The number of aryl methyl sites for hydroxylation is 1. The number of carbonyl (C=O) groups is 1. The summed E-state index contributed by atoms with van der Waals surface area (Å²) >= 11 is 12.2. The first kappa shape index (κ1) is 24.7. The topological polar surface area (TPSA) is 54.3 Å². The Hall–Kier alpha value is -2.43. The standard InChI is InChI=1S/C22H21Cl2F4N5O/c1-12-19-15(20(25)26)9-17(21(27)28)29-22(19)33(30-12)11-18(34)32-6-4-31(5-7-32)10-13-2-3-14(23)8-16(13)24/h2-3,8-9,20-21H,4-7,10-11H2,1H3. The minimum absolute atomic E-state index is 0.00291. The molecular weight excluding hydrogens is 497 g/mol. The molecule has 1 fully saturated rings. The van der Waals surface area contributed by atoms with Crippen molar-refractivity contribution in [2.24, 2.45) is 0 Å². The number of hydrogen-bond acceptors (Lipinski definition) is 4. The first-order valence-electron chi connectivity index (χ1n) is 10.5. The SMILES string of the molecule is Cc1nn(CC(=O)N2CCN(Cc3ccc(Cl)cc3Cl)CC2)c2nc(C(F)F)cc(C(F)F)c12. The van der Waals surface area contributed by atoms with E-state index in [2.05, 4.69) is 15.0 Å². The van der Waals surface area contributed by atoms with Crippen LogP contribution in [-0.4, -0.2) is 56.7 Å². The predicted molar refractivity (Wildman–Crippen MR) is 120 cm³/mol. The monoisotopic (exact) mass is 517 g/mol. The van der Waals surface area contributed by atoms with Crippen LogP contribution in [0.15, 0.2) is 24.3 Å². The number of fused-ring (bicyclic) bond motifs is 1. The molecular formula is C22H21Cl2F4N5O.